The van der Waals surface area contributed by atoms with Gasteiger partial charge in [0.15, 0.2) is 0 Å². The first-order valence-electron chi connectivity index (χ1n) is 6.75. The van der Waals surface area contributed by atoms with Crippen molar-refractivity contribution in [2.75, 3.05) is 0 Å². The van der Waals surface area contributed by atoms with Crippen LogP contribution in [0.2, 0.25) is 0 Å². The van der Waals surface area contributed by atoms with Crippen molar-refractivity contribution in [1.29, 1.82) is 0 Å². The zero-order valence-corrected chi connectivity index (χ0v) is 11.5. The lowest BCUT2D eigenvalue weighted by molar-refractivity contribution is -0.145. The molecule has 20 heavy (non-hydrogen) atoms. The molecule has 2 N–H and O–H groups in total. The Kier molecular flexibility index (Phi) is 4.23. The van der Waals surface area contributed by atoms with Crippen molar-refractivity contribution < 1.29 is 14.7 Å². The Bertz CT molecular complexity index is 516. The van der Waals surface area contributed by atoms with Gasteiger partial charge in [0.25, 0.3) is 0 Å². The minimum atomic E-state index is -1.20. The van der Waals surface area contributed by atoms with Gasteiger partial charge < -0.3 is 10.4 Å². The Morgan fingerprint density at radius 3 is 2.40 bits per heavy atom. The predicted octanol–water partition coefficient (Wildman–Crippen LogP) is 2.25. The molecule has 1 aliphatic rings. The van der Waals surface area contributed by atoms with E-state index in [1.807, 2.05) is 18.2 Å². The number of benzene rings is 1. The van der Waals surface area contributed by atoms with Crippen LogP contribution in [0.3, 0.4) is 0 Å². The molecule has 0 radical (unpaired) electrons. The van der Waals surface area contributed by atoms with E-state index in [1.54, 1.807) is 31.2 Å². The first-order chi connectivity index (χ1) is 9.52. The maximum atomic E-state index is 12.1. The van der Waals surface area contributed by atoms with Crippen LogP contribution in [0.5, 0.6) is 0 Å². The summed E-state index contributed by atoms with van der Waals surface area (Å²) < 4.78 is 0. The third kappa shape index (κ3) is 3.07. The lowest BCUT2D eigenvalue weighted by Crippen LogP contribution is -2.41. The molecule has 1 aliphatic carbocycles. The van der Waals surface area contributed by atoms with Crippen LogP contribution in [-0.4, -0.2) is 23.0 Å². The fourth-order valence-electron chi connectivity index (χ4n) is 2.44. The number of hydrogen-bond donors (Lipinski definition) is 2. The number of amides is 1. The summed E-state index contributed by atoms with van der Waals surface area (Å²) in [7, 11) is 0. The van der Waals surface area contributed by atoms with Crippen LogP contribution in [0.25, 0.3) is 0 Å². The van der Waals surface area contributed by atoms with Gasteiger partial charge in [0.05, 0.1) is 5.41 Å². The van der Waals surface area contributed by atoms with E-state index in [2.05, 4.69) is 5.32 Å². The van der Waals surface area contributed by atoms with E-state index in [4.69, 9.17) is 0 Å². The van der Waals surface area contributed by atoms with Gasteiger partial charge in [-0.2, -0.15) is 0 Å². The van der Waals surface area contributed by atoms with E-state index >= 15 is 0 Å². The second-order valence-electron chi connectivity index (χ2n) is 5.39. The molecule has 1 unspecified atom stereocenters. The van der Waals surface area contributed by atoms with Gasteiger partial charge in [0.1, 0.15) is 0 Å². The summed E-state index contributed by atoms with van der Waals surface area (Å²) in [6.45, 7) is 1.59. The number of carboxylic acids is 1. The van der Waals surface area contributed by atoms with E-state index < -0.39 is 11.4 Å². The average molecular weight is 273 g/mol. The van der Waals surface area contributed by atoms with E-state index in [0.717, 1.165) is 12.8 Å². The summed E-state index contributed by atoms with van der Waals surface area (Å²) in [6.07, 6.45) is 5.64. The first-order valence-corrected chi connectivity index (χ1v) is 6.75. The highest BCUT2D eigenvalue weighted by atomic mass is 16.4. The third-order valence-electron chi connectivity index (χ3n) is 3.77. The summed E-state index contributed by atoms with van der Waals surface area (Å²) in [6, 6.07) is 9.01. The van der Waals surface area contributed by atoms with Crippen LogP contribution < -0.4 is 5.32 Å². The smallest absolute Gasteiger partial charge is 0.314 e. The van der Waals surface area contributed by atoms with Gasteiger partial charge in [-0.05, 0) is 25.3 Å². The minimum Gasteiger partial charge on any atom is -0.481 e. The zero-order valence-electron chi connectivity index (χ0n) is 11.5. The number of hydrogen-bond acceptors (Lipinski definition) is 2. The standard InChI is InChI=1S/C16H19NO3/c1-16(15(19)20,12-7-3-2-4-8-12)11-14(18)17-13-9-5-6-10-13/h2-8,13H,9-11H2,1H3,(H,17,18)(H,19,20). The Hall–Kier alpha value is -2.10. The predicted molar refractivity (Wildman–Crippen MR) is 76.4 cm³/mol. The van der Waals surface area contributed by atoms with Crippen molar-refractivity contribution >= 4 is 11.9 Å². The maximum Gasteiger partial charge on any atom is 0.314 e. The summed E-state index contributed by atoms with van der Waals surface area (Å²) >= 11 is 0. The molecule has 0 saturated heterocycles. The molecule has 0 spiro atoms. The molecule has 0 bridgehead atoms. The van der Waals surface area contributed by atoms with Crippen LogP contribution in [-0.2, 0) is 15.0 Å². The average Bonchev–Trinajstić information content (AvgIpc) is 2.92. The molecular formula is C16H19NO3. The van der Waals surface area contributed by atoms with E-state index in [1.165, 1.54) is 0 Å². The van der Waals surface area contributed by atoms with Crippen molar-refractivity contribution in [3.05, 3.63) is 48.0 Å². The minimum absolute atomic E-state index is 0.0527. The molecule has 1 aromatic carbocycles. The van der Waals surface area contributed by atoms with Gasteiger partial charge in [-0.3, -0.25) is 9.59 Å². The van der Waals surface area contributed by atoms with E-state index in [-0.39, 0.29) is 18.4 Å². The van der Waals surface area contributed by atoms with Crippen LogP contribution in [0.15, 0.2) is 42.5 Å². The molecule has 1 atom stereocenters. The van der Waals surface area contributed by atoms with E-state index in [9.17, 15) is 14.7 Å². The number of nitrogens with one attached hydrogen (secondary N) is 1. The number of carbonyl (C=O) groups excluding carboxylic acids is 1. The van der Waals surface area contributed by atoms with Crippen molar-refractivity contribution in [3.63, 3.8) is 0 Å². The largest absolute Gasteiger partial charge is 0.481 e. The van der Waals surface area contributed by atoms with Crippen LogP contribution >= 0.6 is 0 Å². The highest BCUT2D eigenvalue weighted by Gasteiger charge is 2.37. The second kappa shape index (κ2) is 5.90. The number of aliphatic carboxylic acids is 1. The quantitative estimate of drug-likeness (QED) is 0.809. The summed E-state index contributed by atoms with van der Waals surface area (Å²) in [5, 5.41) is 12.4. The number of carbonyl (C=O) groups is 2. The molecule has 0 fully saturated rings. The van der Waals surface area contributed by atoms with Crippen LogP contribution in [0.1, 0.15) is 31.7 Å². The Balaban J connectivity index is 2.09. The molecule has 1 aromatic rings. The SMILES string of the molecule is CC(CC(=O)NC1CC=CC1)(C(=O)O)c1ccccc1. The monoisotopic (exact) mass is 273 g/mol. The van der Waals surface area contributed by atoms with Gasteiger partial charge in [0.2, 0.25) is 5.91 Å². The van der Waals surface area contributed by atoms with Crippen molar-refractivity contribution in [1.82, 2.24) is 5.32 Å². The van der Waals surface area contributed by atoms with Gasteiger partial charge in [0, 0.05) is 12.5 Å². The van der Waals surface area contributed by atoms with Gasteiger partial charge in [-0.25, -0.2) is 0 Å². The second-order valence-corrected chi connectivity index (χ2v) is 5.39. The van der Waals surface area contributed by atoms with Crippen LogP contribution in [0.4, 0.5) is 0 Å². The van der Waals surface area contributed by atoms with E-state index in [0.29, 0.717) is 5.56 Å². The molecule has 106 valence electrons. The van der Waals surface area contributed by atoms with Gasteiger partial charge in [-0.1, -0.05) is 42.5 Å². The fourth-order valence-corrected chi connectivity index (χ4v) is 2.44. The summed E-state index contributed by atoms with van der Waals surface area (Å²) in [5.41, 5.74) is -0.551. The molecule has 4 nitrogen and oxygen atoms in total. The fraction of sp³-hybridized carbons (Fsp3) is 0.375. The maximum absolute atomic E-state index is 12.1. The number of rotatable bonds is 5. The zero-order chi connectivity index (χ0) is 14.6. The Morgan fingerprint density at radius 1 is 1.25 bits per heavy atom. The molecular weight excluding hydrogens is 254 g/mol. The molecule has 0 aliphatic heterocycles. The highest BCUT2D eigenvalue weighted by Crippen LogP contribution is 2.28. The van der Waals surface area contributed by atoms with Gasteiger partial charge >= 0.3 is 5.97 Å². The Labute approximate surface area is 118 Å². The lowest BCUT2D eigenvalue weighted by atomic mass is 9.79. The lowest BCUT2D eigenvalue weighted by Gasteiger charge is -2.25. The Morgan fingerprint density at radius 2 is 1.85 bits per heavy atom. The molecule has 0 aromatic heterocycles. The normalized spacial score (nSPS) is 17.6. The highest BCUT2D eigenvalue weighted by molar-refractivity contribution is 5.89. The molecule has 2 rings (SSSR count). The third-order valence-corrected chi connectivity index (χ3v) is 3.77. The number of carboxylic acid groups (broad SMARTS) is 1. The van der Waals surface area contributed by atoms with Crippen LogP contribution in [0, 0.1) is 0 Å². The molecule has 1 amide bonds. The van der Waals surface area contributed by atoms with Crippen molar-refractivity contribution in [2.24, 2.45) is 0 Å². The first kappa shape index (κ1) is 14.3. The molecule has 0 heterocycles. The van der Waals surface area contributed by atoms with Crippen molar-refractivity contribution in [2.45, 2.75) is 37.6 Å². The molecule has 4 heteroatoms. The van der Waals surface area contributed by atoms with Gasteiger partial charge in [-0.15, -0.1) is 0 Å². The summed E-state index contributed by atoms with van der Waals surface area (Å²) in [5.74, 6) is -1.20. The van der Waals surface area contributed by atoms with Crippen molar-refractivity contribution in [3.8, 4) is 0 Å². The summed E-state index contributed by atoms with van der Waals surface area (Å²) in [4.78, 5) is 23.7. The molecule has 0 saturated carbocycles. The topological polar surface area (TPSA) is 66.4 Å².